The van der Waals surface area contributed by atoms with Crippen LogP contribution in [0.1, 0.15) is 5.56 Å². The average Bonchev–Trinajstić information content (AvgIpc) is 2.86. The molecule has 3 aromatic carbocycles. The van der Waals surface area contributed by atoms with E-state index in [-0.39, 0.29) is 29.7 Å². The average molecular weight is 536 g/mol. The lowest BCUT2D eigenvalue weighted by molar-refractivity contribution is -0.131. The summed E-state index contributed by atoms with van der Waals surface area (Å²) in [6.07, 6.45) is 0. The van der Waals surface area contributed by atoms with E-state index >= 15 is 0 Å². The van der Waals surface area contributed by atoms with Gasteiger partial charge in [-0.25, -0.2) is 12.8 Å². The van der Waals surface area contributed by atoms with Crippen LogP contribution in [0.4, 0.5) is 10.1 Å². The van der Waals surface area contributed by atoms with Crippen LogP contribution in [0.25, 0.3) is 0 Å². The van der Waals surface area contributed by atoms with Gasteiger partial charge in [0.1, 0.15) is 5.82 Å². The summed E-state index contributed by atoms with van der Waals surface area (Å²) < 4.78 is 41.3. The minimum atomic E-state index is -3.97. The Morgan fingerprint density at radius 1 is 0.829 bits per heavy atom. The van der Waals surface area contributed by atoms with Crippen LogP contribution >= 0.6 is 23.2 Å². The van der Waals surface area contributed by atoms with Crippen molar-refractivity contribution in [1.29, 1.82) is 0 Å². The number of rotatable bonds is 7. The third kappa shape index (κ3) is 6.32. The quantitative estimate of drug-likeness (QED) is 0.441. The number of nitrogens with zero attached hydrogens (tertiary/aromatic N) is 3. The van der Waals surface area contributed by atoms with Crippen molar-refractivity contribution in [2.45, 2.75) is 11.4 Å². The number of benzene rings is 3. The first-order valence-electron chi connectivity index (χ1n) is 11.0. The Bertz CT molecular complexity index is 1260. The standard InChI is InChI=1S/C25H24Cl2FN3O3S/c26-20-3-1-19(2-4-20)17-31(35(33,34)24-11-5-21(27)6-12-24)18-25(32)30-15-13-29(14-16-30)23-9-7-22(28)8-10-23/h1-12H,13-18H2. The minimum Gasteiger partial charge on any atom is -0.368 e. The summed E-state index contributed by atoms with van der Waals surface area (Å²) in [6, 6.07) is 18.9. The molecule has 0 radical (unpaired) electrons. The third-order valence-corrected chi connectivity index (χ3v) is 8.17. The van der Waals surface area contributed by atoms with Crippen LogP contribution < -0.4 is 4.90 Å². The maximum Gasteiger partial charge on any atom is 0.243 e. The van der Waals surface area contributed by atoms with E-state index < -0.39 is 10.0 Å². The van der Waals surface area contributed by atoms with Gasteiger partial charge in [0.2, 0.25) is 15.9 Å². The second-order valence-corrected chi connectivity index (χ2v) is 11.0. The molecule has 0 aromatic heterocycles. The summed E-state index contributed by atoms with van der Waals surface area (Å²) in [5.41, 5.74) is 1.59. The predicted octanol–water partition coefficient (Wildman–Crippen LogP) is 4.67. The van der Waals surface area contributed by atoms with E-state index in [0.717, 1.165) is 5.69 Å². The minimum absolute atomic E-state index is 0.0173. The lowest BCUT2D eigenvalue weighted by Crippen LogP contribution is -2.51. The van der Waals surface area contributed by atoms with E-state index in [0.29, 0.717) is 41.8 Å². The maximum absolute atomic E-state index is 13.4. The second-order valence-electron chi connectivity index (χ2n) is 8.20. The number of hydrogen-bond donors (Lipinski definition) is 0. The van der Waals surface area contributed by atoms with Crippen molar-refractivity contribution in [2.75, 3.05) is 37.6 Å². The van der Waals surface area contributed by atoms with Crippen LogP contribution in [0, 0.1) is 5.82 Å². The van der Waals surface area contributed by atoms with Crippen molar-refractivity contribution < 1.29 is 17.6 Å². The lowest BCUT2D eigenvalue weighted by Gasteiger charge is -2.37. The molecule has 0 atom stereocenters. The molecule has 0 N–H and O–H groups in total. The van der Waals surface area contributed by atoms with E-state index in [2.05, 4.69) is 4.90 Å². The van der Waals surface area contributed by atoms with Crippen molar-refractivity contribution >= 4 is 44.8 Å². The maximum atomic E-state index is 13.4. The Hall–Kier alpha value is -2.65. The van der Waals surface area contributed by atoms with Crippen molar-refractivity contribution in [2.24, 2.45) is 0 Å². The van der Waals surface area contributed by atoms with Gasteiger partial charge in [-0.15, -0.1) is 0 Å². The highest BCUT2D eigenvalue weighted by Gasteiger charge is 2.30. The number of sulfonamides is 1. The summed E-state index contributed by atoms with van der Waals surface area (Å²) in [4.78, 5) is 17.0. The summed E-state index contributed by atoms with van der Waals surface area (Å²) in [7, 11) is -3.97. The fourth-order valence-electron chi connectivity index (χ4n) is 3.89. The molecule has 0 spiro atoms. The molecule has 1 aliphatic rings. The smallest absolute Gasteiger partial charge is 0.243 e. The molecule has 6 nitrogen and oxygen atoms in total. The predicted molar refractivity (Wildman–Crippen MR) is 136 cm³/mol. The number of anilines is 1. The molecule has 10 heteroatoms. The van der Waals surface area contributed by atoms with Gasteiger partial charge in [-0.3, -0.25) is 4.79 Å². The van der Waals surface area contributed by atoms with Gasteiger partial charge in [0.05, 0.1) is 11.4 Å². The van der Waals surface area contributed by atoms with Crippen LogP contribution in [0.15, 0.2) is 77.7 Å². The summed E-state index contributed by atoms with van der Waals surface area (Å²) in [6.45, 7) is 1.72. The van der Waals surface area contributed by atoms with Gasteiger partial charge in [0.25, 0.3) is 0 Å². The second kappa shape index (κ2) is 11.0. The van der Waals surface area contributed by atoms with Crippen LogP contribution in [0.5, 0.6) is 0 Å². The zero-order valence-corrected chi connectivity index (χ0v) is 21.1. The highest BCUT2D eigenvalue weighted by Crippen LogP contribution is 2.22. The molecule has 0 saturated carbocycles. The molecule has 1 fully saturated rings. The fourth-order valence-corrected chi connectivity index (χ4v) is 5.52. The van der Waals surface area contributed by atoms with E-state index in [9.17, 15) is 17.6 Å². The number of carbonyl (C=O) groups excluding carboxylic acids is 1. The van der Waals surface area contributed by atoms with Gasteiger partial charge in [-0.05, 0) is 66.2 Å². The first-order chi connectivity index (χ1) is 16.7. The van der Waals surface area contributed by atoms with Gasteiger partial charge in [0.15, 0.2) is 0 Å². The van der Waals surface area contributed by atoms with Crippen LogP contribution in [-0.2, 0) is 21.4 Å². The van der Waals surface area contributed by atoms with Gasteiger partial charge in [-0.2, -0.15) is 4.31 Å². The number of amides is 1. The van der Waals surface area contributed by atoms with E-state index in [1.165, 1.54) is 40.7 Å². The molecular formula is C25H24Cl2FN3O3S. The summed E-state index contributed by atoms with van der Waals surface area (Å²) >= 11 is 11.9. The molecule has 0 bridgehead atoms. The molecule has 0 aliphatic carbocycles. The molecule has 184 valence electrons. The molecule has 1 aliphatic heterocycles. The van der Waals surface area contributed by atoms with Gasteiger partial charge >= 0.3 is 0 Å². The fraction of sp³-hybridized carbons (Fsp3) is 0.240. The number of hydrogen-bond acceptors (Lipinski definition) is 4. The first kappa shape index (κ1) is 25.4. The third-order valence-electron chi connectivity index (χ3n) is 5.86. The van der Waals surface area contributed by atoms with Crippen molar-refractivity contribution in [3.63, 3.8) is 0 Å². The Morgan fingerprint density at radius 2 is 1.37 bits per heavy atom. The molecule has 0 unspecified atom stereocenters. The molecule has 35 heavy (non-hydrogen) atoms. The van der Waals surface area contributed by atoms with E-state index in [1.807, 2.05) is 0 Å². The molecule has 1 amide bonds. The van der Waals surface area contributed by atoms with Gasteiger partial charge in [0, 0.05) is 48.5 Å². The lowest BCUT2D eigenvalue weighted by atomic mass is 10.2. The molecule has 1 saturated heterocycles. The largest absolute Gasteiger partial charge is 0.368 e. The van der Waals surface area contributed by atoms with E-state index in [1.54, 1.807) is 41.3 Å². The molecule has 3 aromatic rings. The van der Waals surface area contributed by atoms with Crippen LogP contribution in [0.3, 0.4) is 0 Å². The number of piperazine rings is 1. The Labute approximate surface area is 214 Å². The summed E-state index contributed by atoms with van der Waals surface area (Å²) in [5.74, 6) is -0.583. The molecular weight excluding hydrogens is 512 g/mol. The topological polar surface area (TPSA) is 60.9 Å². The van der Waals surface area contributed by atoms with Gasteiger partial charge < -0.3 is 9.80 Å². The zero-order valence-electron chi connectivity index (χ0n) is 18.8. The van der Waals surface area contributed by atoms with Crippen LogP contribution in [0.2, 0.25) is 10.0 Å². The van der Waals surface area contributed by atoms with E-state index in [4.69, 9.17) is 23.2 Å². The zero-order chi connectivity index (χ0) is 25.0. The van der Waals surface area contributed by atoms with Crippen LogP contribution in [-0.4, -0.2) is 56.3 Å². The summed E-state index contributed by atoms with van der Waals surface area (Å²) in [5, 5.41) is 0.958. The van der Waals surface area contributed by atoms with Crippen molar-refractivity contribution in [1.82, 2.24) is 9.21 Å². The number of halogens is 3. The van der Waals surface area contributed by atoms with Crippen molar-refractivity contribution in [3.05, 3.63) is 94.2 Å². The monoisotopic (exact) mass is 535 g/mol. The highest BCUT2D eigenvalue weighted by atomic mass is 35.5. The number of carbonyl (C=O) groups is 1. The first-order valence-corrected chi connectivity index (χ1v) is 13.2. The Balaban J connectivity index is 1.49. The van der Waals surface area contributed by atoms with Crippen molar-refractivity contribution in [3.8, 4) is 0 Å². The Morgan fingerprint density at radius 3 is 1.94 bits per heavy atom. The SMILES string of the molecule is O=C(CN(Cc1ccc(Cl)cc1)S(=O)(=O)c1ccc(Cl)cc1)N1CCN(c2ccc(F)cc2)CC1. The normalized spacial score (nSPS) is 14.4. The van der Waals surface area contributed by atoms with Gasteiger partial charge in [-0.1, -0.05) is 35.3 Å². The molecule has 1 heterocycles. The highest BCUT2D eigenvalue weighted by molar-refractivity contribution is 7.89. The Kier molecular flexibility index (Phi) is 7.96. The molecule has 4 rings (SSSR count).